The highest BCUT2D eigenvalue weighted by Gasteiger charge is 2.21. The maximum absolute atomic E-state index is 11.6. The number of hydrogen-bond donors (Lipinski definition) is 3. The molecule has 1 aromatic heterocycles. The first-order chi connectivity index (χ1) is 15.0. The predicted octanol–water partition coefficient (Wildman–Crippen LogP) is 2.37. The molecular weight excluding hydrogens is 517 g/mol. The topological polar surface area (TPSA) is 86.6 Å². The number of carbonyl (C=O) groups is 1. The van der Waals surface area contributed by atoms with Crippen LogP contribution < -0.4 is 16.0 Å². The first kappa shape index (κ1) is 26.1. The predicted molar refractivity (Wildman–Crippen MR) is 140 cm³/mol. The number of carbonyl (C=O) groups excluding carboxylic acids is 1. The summed E-state index contributed by atoms with van der Waals surface area (Å²) in [7, 11) is 1.68. The highest BCUT2D eigenvalue weighted by Crippen LogP contribution is 2.18. The molecule has 0 radical (unpaired) electrons. The largest absolute Gasteiger partial charge is 0.358 e. The molecule has 0 bridgehead atoms. The molecule has 0 saturated carbocycles. The zero-order valence-corrected chi connectivity index (χ0v) is 21.8. The van der Waals surface area contributed by atoms with Crippen molar-refractivity contribution in [3.05, 3.63) is 47.3 Å². The third-order valence-corrected chi connectivity index (χ3v) is 5.56. The van der Waals surface area contributed by atoms with Gasteiger partial charge in [-0.1, -0.05) is 18.2 Å². The molecule has 32 heavy (non-hydrogen) atoms. The number of likely N-dealkylation sites (N-methyl/N-ethyl adjacent to an activating group) is 1. The SMILES string of the molecule is CCNC(=NCc1ccccc1-n1nc(C)cc1C)NC1CCN(CC(=O)NC)CC1.I. The Balaban J connectivity index is 0.00000363. The molecule has 2 aromatic rings. The smallest absolute Gasteiger partial charge is 0.233 e. The first-order valence-electron chi connectivity index (χ1n) is 11.1. The molecule has 1 aliphatic rings. The fraction of sp³-hybridized carbons (Fsp3) is 0.522. The second-order valence-electron chi connectivity index (χ2n) is 8.03. The Kier molecular flexibility index (Phi) is 10.4. The lowest BCUT2D eigenvalue weighted by molar-refractivity contribution is -0.122. The van der Waals surface area contributed by atoms with Gasteiger partial charge in [-0.15, -0.1) is 24.0 Å². The minimum absolute atomic E-state index is 0. The molecule has 176 valence electrons. The summed E-state index contributed by atoms with van der Waals surface area (Å²) in [5, 5.41) is 14.3. The summed E-state index contributed by atoms with van der Waals surface area (Å²) >= 11 is 0. The molecule has 0 atom stereocenters. The van der Waals surface area contributed by atoms with Crippen LogP contribution in [0, 0.1) is 13.8 Å². The van der Waals surface area contributed by atoms with E-state index in [-0.39, 0.29) is 29.9 Å². The number of guanidine groups is 1. The van der Waals surface area contributed by atoms with E-state index in [1.165, 1.54) is 0 Å². The molecule has 3 rings (SSSR count). The van der Waals surface area contributed by atoms with Crippen LogP contribution in [-0.4, -0.2) is 65.8 Å². The van der Waals surface area contributed by atoms with Crippen LogP contribution >= 0.6 is 24.0 Å². The van der Waals surface area contributed by atoms with E-state index in [9.17, 15) is 4.79 Å². The summed E-state index contributed by atoms with van der Waals surface area (Å²) in [6.45, 7) is 9.82. The quantitative estimate of drug-likeness (QED) is 0.279. The van der Waals surface area contributed by atoms with Crippen molar-refractivity contribution in [1.82, 2.24) is 30.6 Å². The Morgan fingerprint density at radius 1 is 1.22 bits per heavy atom. The minimum Gasteiger partial charge on any atom is -0.358 e. The second kappa shape index (κ2) is 12.8. The van der Waals surface area contributed by atoms with E-state index >= 15 is 0 Å². The molecule has 1 fully saturated rings. The van der Waals surface area contributed by atoms with Gasteiger partial charge in [0.05, 0.1) is 24.5 Å². The third kappa shape index (κ3) is 7.19. The monoisotopic (exact) mass is 553 g/mol. The van der Waals surface area contributed by atoms with Crippen LogP contribution in [0.4, 0.5) is 0 Å². The lowest BCUT2D eigenvalue weighted by Crippen LogP contribution is -2.50. The summed E-state index contributed by atoms with van der Waals surface area (Å²) in [5.74, 6) is 0.901. The summed E-state index contributed by atoms with van der Waals surface area (Å²) in [6.07, 6.45) is 1.98. The molecule has 1 saturated heterocycles. The molecule has 0 unspecified atom stereocenters. The van der Waals surface area contributed by atoms with E-state index in [1.807, 2.05) is 23.7 Å². The van der Waals surface area contributed by atoms with Crippen LogP contribution in [0.3, 0.4) is 0 Å². The lowest BCUT2D eigenvalue weighted by Gasteiger charge is -2.32. The van der Waals surface area contributed by atoms with Crippen molar-refractivity contribution in [3.63, 3.8) is 0 Å². The number of aryl methyl sites for hydroxylation is 2. The van der Waals surface area contributed by atoms with E-state index in [1.54, 1.807) is 7.05 Å². The molecule has 0 spiro atoms. The number of nitrogens with one attached hydrogen (secondary N) is 3. The van der Waals surface area contributed by atoms with Gasteiger partial charge in [0.25, 0.3) is 0 Å². The Hall–Kier alpha value is -2.14. The lowest BCUT2D eigenvalue weighted by atomic mass is 10.1. The van der Waals surface area contributed by atoms with Crippen LogP contribution in [0.5, 0.6) is 0 Å². The highest BCUT2D eigenvalue weighted by atomic mass is 127. The summed E-state index contributed by atoms with van der Waals surface area (Å²) < 4.78 is 1.99. The van der Waals surface area contributed by atoms with Crippen molar-refractivity contribution in [2.75, 3.05) is 33.2 Å². The fourth-order valence-electron chi connectivity index (χ4n) is 3.92. The number of amides is 1. The average molecular weight is 553 g/mol. The van der Waals surface area contributed by atoms with Gasteiger partial charge in [-0.05, 0) is 51.3 Å². The van der Waals surface area contributed by atoms with Gasteiger partial charge in [-0.3, -0.25) is 9.69 Å². The first-order valence-corrected chi connectivity index (χ1v) is 11.1. The number of nitrogens with zero attached hydrogens (tertiary/aromatic N) is 4. The molecule has 9 heteroatoms. The number of para-hydroxylation sites is 1. The Morgan fingerprint density at radius 3 is 2.56 bits per heavy atom. The van der Waals surface area contributed by atoms with Gasteiger partial charge in [0.1, 0.15) is 0 Å². The molecule has 1 amide bonds. The number of halogens is 1. The van der Waals surface area contributed by atoms with Crippen LogP contribution in [0.2, 0.25) is 0 Å². The van der Waals surface area contributed by atoms with Gasteiger partial charge in [0, 0.05) is 38.4 Å². The number of likely N-dealkylation sites (tertiary alicyclic amines) is 1. The Morgan fingerprint density at radius 2 is 1.94 bits per heavy atom. The number of rotatable bonds is 7. The second-order valence-corrected chi connectivity index (χ2v) is 8.03. The van der Waals surface area contributed by atoms with E-state index in [0.29, 0.717) is 19.1 Å². The normalized spacial score (nSPS) is 15.2. The van der Waals surface area contributed by atoms with Crippen molar-refractivity contribution in [2.24, 2.45) is 4.99 Å². The summed E-state index contributed by atoms with van der Waals surface area (Å²) in [6, 6.07) is 10.7. The van der Waals surface area contributed by atoms with Crippen molar-refractivity contribution in [1.29, 1.82) is 0 Å². The molecular formula is C23H36IN7O. The minimum atomic E-state index is 0. The number of hydrogen-bond acceptors (Lipinski definition) is 4. The van der Waals surface area contributed by atoms with E-state index in [0.717, 1.165) is 61.1 Å². The number of benzene rings is 1. The van der Waals surface area contributed by atoms with Gasteiger partial charge >= 0.3 is 0 Å². The van der Waals surface area contributed by atoms with E-state index in [4.69, 9.17) is 4.99 Å². The Labute approximate surface area is 208 Å². The van der Waals surface area contributed by atoms with E-state index < -0.39 is 0 Å². The van der Waals surface area contributed by atoms with Crippen molar-refractivity contribution in [2.45, 2.75) is 46.2 Å². The molecule has 0 aliphatic carbocycles. The van der Waals surface area contributed by atoms with Gasteiger partial charge in [-0.2, -0.15) is 5.10 Å². The van der Waals surface area contributed by atoms with Crippen LogP contribution in [0.25, 0.3) is 5.69 Å². The zero-order chi connectivity index (χ0) is 22.2. The molecule has 1 aromatic carbocycles. The highest BCUT2D eigenvalue weighted by molar-refractivity contribution is 14.0. The number of aromatic nitrogens is 2. The zero-order valence-electron chi connectivity index (χ0n) is 19.5. The molecule has 1 aliphatic heterocycles. The van der Waals surface area contributed by atoms with Crippen LogP contribution in [0.1, 0.15) is 36.7 Å². The van der Waals surface area contributed by atoms with Crippen molar-refractivity contribution in [3.8, 4) is 5.69 Å². The van der Waals surface area contributed by atoms with Crippen molar-refractivity contribution >= 4 is 35.8 Å². The molecule has 3 N–H and O–H groups in total. The summed E-state index contributed by atoms with van der Waals surface area (Å²) in [5.41, 5.74) is 4.32. The van der Waals surface area contributed by atoms with Gasteiger partial charge in [-0.25, -0.2) is 9.67 Å². The van der Waals surface area contributed by atoms with Gasteiger partial charge < -0.3 is 16.0 Å². The maximum atomic E-state index is 11.6. The average Bonchev–Trinajstić information content (AvgIpc) is 3.11. The number of aliphatic imine (C=N–C) groups is 1. The van der Waals surface area contributed by atoms with Gasteiger partial charge in [0.2, 0.25) is 5.91 Å². The molecule has 8 nitrogen and oxygen atoms in total. The molecule has 2 heterocycles. The van der Waals surface area contributed by atoms with Crippen LogP contribution in [-0.2, 0) is 11.3 Å². The number of piperidine rings is 1. The maximum Gasteiger partial charge on any atom is 0.233 e. The van der Waals surface area contributed by atoms with Gasteiger partial charge in [0.15, 0.2) is 5.96 Å². The van der Waals surface area contributed by atoms with Crippen LogP contribution in [0.15, 0.2) is 35.3 Å². The fourth-order valence-corrected chi connectivity index (χ4v) is 3.92. The summed E-state index contributed by atoms with van der Waals surface area (Å²) in [4.78, 5) is 18.6. The standard InChI is InChI=1S/C23H35N7O.HI/c1-5-25-23(27-20-10-12-29(13-11-20)16-22(31)24-4)26-15-19-8-6-7-9-21(19)30-18(3)14-17(2)28-30;/h6-9,14,20H,5,10-13,15-16H2,1-4H3,(H,24,31)(H2,25,26,27);1H. The Bertz CT molecular complexity index is 903. The van der Waals surface area contributed by atoms with E-state index in [2.05, 4.69) is 58.0 Å². The third-order valence-electron chi connectivity index (χ3n) is 5.56. The van der Waals surface area contributed by atoms with Crippen molar-refractivity contribution < 1.29 is 4.79 Å².